The van der Waals surface area contributed by atoms with Crippen LogP contribution in [0.4, 0.5) is 0 Å². The highest BCUT2D eigenvalue weighted by molar-refractivity contribution is 7.93. The lowest BCUT2D eigenvalue weighted by atomic mass is 10.2. The van der Waals surface area contributed by atoms with Gasteiger partial charge in [-0.05, 0) is 43.6 Å². The van der Waals surface area contributed by atoms with E-state index in [-0.39, 0.29) is 9.24 Å². The molecule has 0 fully saturated rings. The first-order chi connectivity index (χ1) is 8.54. The summed E-state index contributed by atoms with van der Waals surface area (Å²) in [6, 6.07) is 6.70. The maximum Gasteiger partial charge on any atom is 0.235 e. The summed E-state index contributed by atoms with van der Waals surface area (Å²) in [6.07, 6.45) is 3.44. The third kappa shape index (κ3) is 2.49. The highest BCUT2D eigenvalue weighted by atomic mass is 32.2. The number of aromatic nitrogens is 2. The van der Waals surface area contributed by atoms with Gasteiger partial charge >= 0.3 is 0 Å². The maximum atomic E-state index is 12.2. The third-order valence-corrected chi connectivity index (χ3v) is 5.15. The number of sulfone groups is 1. The van der Waals surface area contributed by atoms with Gasteiger partial charge in [0.15, 0.2) is 5.82 Å². The molecule has 2 aromatic rings. The summed E-state index contributed by atoms with van der Waals surface area (Å²) in [5.41, 5.74) is 1.01. The molecule has 0 aliphatic rings. The molecular formula is C12H12N2O2S2. The first-order valence-corrected chi connectivity index (χ1v) is 7.58. The second kappa shape index (κ2) is 4.99. The molecule has 0 aliphatic carbocycles. The zero-order chi connectivity index (χ0) is 13.2. The molecule has 6 heteroatoms. The fraction of sp³-hybridized carbons (Fsp3) is 0.167. The van der Waals surface area contributed by atoms with Crippen LogP contribution in [0.15, 0.2) is 39.6 Å². The Kier molecular flexibility index (Phi) is 3.58. The van der Waals surface area contributed by atoms with Crippen LogP contribution in [0.25, 0.3) is 6.08 Å². The number of nitrogens with zero attached hydrogens (tertiary/aromatic N) is 2. The van der Waals surface area contributed by atoms with Crippen molar-refractivity contribution < 1.29 is 8.42 Å². The fourth-order valence-electron chi connectivity index (χ4n) is 1.36. The molecule has 1 aromatic heterocycles. The number of allylic oxidation sites excluding steroid dienone is 1. The van der Waals surface area contributed by atoms with E-state index in [1.807, 2.05) is 13.8 Å². The van der Waals surface area contributed by atoms with Gasteiger partial charge in [0, 0.05) is 0 Å². The monoisotopic (exact) mass is 280 g/mol. The lowest BCUT2D eigenvalue weighted by Gasteiger charge is -2.00. The van der Waals surface area contributed by atoms with Crippen LogP contribution >= 0.6 is 11.5 Å². The number of hydrogen-bond acceptors (Lipinski definition) is 5. The molecule has 94 valence electrons. The number of hydrogen-bond donors (Lipinski definition) is 0. The van der Waals surface area contributed by atoms with E-state index in [4.69, 9.17) is 0 Å². The normalized spacial score (nSPS) is 12.1. The van der Waals surface area contributed by atoms with Crippen LogP contribution in [0.1, 0.15) is 18.3 Å². The van der Waals surface area contributed by atoms with E-state index in [2.05, 4.69) is 9.36 Å². The van der Waals surface area contributed by atoms with Gasteiger partial charge in [-0.3, -0.25) is 0 Å². The molecule has 0 radical (unpaired) electrons. The first kappa shape index (κ1) is 12.9. The van der Waals surface area contributed by atoms with Crippen molar-refractivity contribution in [1.82, 2.24) is 9.36 Å². The van der Waals surface area contributed by atoms with Gasteiger partial charge in [0.1, 0.15) is 0 Å². The van der Waals surface area contributed by atoms with Crippen LogP contribution in [-0.4, -0.2) is 17.8 Å². The Morgan fingerprint density at radius 1 is 1.22 bits per heavy atom. The second-order valence-corrected chi connectivity index (χ2v) is 6.61. The van der Waals surface area contributed by atoms with Crippen molar-refractivity contribution in [2.45, 2.75) is 23.1 Å². The minimum atomic E-state index is -3.54. The number of aryl methyl sites for hydroxylation is 1. The number of benzene rings is 1. The quantitative estimate of drug-likeness (QED) is 0.867. The van der Waals surface area contributed by atoms with Gasteiger partial charge in [-0.15, -0.1) is 0 Å². The molecule has 0 atom stereocenters. The van der Waals surface area contributed by atoms with Crippen molar-refractivity contribution >= 4 is 27.4 Å². The molecule has 2 rings (SSSR count). The van der Waals surface area contributed by atoms with E-state index in [1.165, 1.54) is 0 Å². The first-order valence-electron chi connectivity index (χ1n) is 5.32. The van der Waals surface area contributed by atoms with E-state index in [0.29, 0.717) is 5.82 Å². The predicted octanol–water partition coefficient (Wildman–Crippen LogP) is 2.71. The average Bonchev–Trinajstić information content (AvgIpc) is 2.79. The highest BCUT2D eigenvalue weighted by Gasteiger charge is 2.22. The van der Waals surface area contributed by atoms with E-state index >= 15 is 0 Å². The summed E-state index contributed by atoms with van der Waals surface area (Å²) in [5, 5.41) is 0. The van der Waals surface area contributed by atoms with Crippen LogP contribution in [0.5, 0.6) is 0 Å². The van der Waals surface area contributed by atoms with Crippen molar-refractivity contribution in [1.29, 1.82) is 0 Å². The van der Waals surface area contributed by atoms with Gasteiger partial charge < -0.3 is 0 Å². The summed E-state index contributed by atoms with van der Waals surface area (Å²) >= 11 is 0.895. The summed E-state index contributed by atoms with van der Waals surface area (Å²) in [6.45, 7) is 3.74. The van der Waals surface area contributed by atoms with Crippen LogP contribution < -0.4 is 0 Å². The van der Waals surface area contributed by atoms with Crippen LogP contribution in [0.3, 0.4) is 0 Å². The molecule has 0 saturated heterocycles. The molecule has 1 heterocycles. The lowest BCUT2D eigenvalue weighted by Crippen LogP contribution is -2.01. The molecular weight excluding hydrogens is 268 g/mol. The van der Waals surface area contributed by atoms with Crippen molar-refractivity contribution in [2.24, 2.45) is 0 Å². The van der Waals surface area contributed by atoms with E-state index in [9.17, 15) is 8.42 Å². The predicted molar refractivity (Wildman–Crippen MR) is 71.2 cm³/mol. The highest BCUT2D eigenvalue weighted by Crippen LogP contribution is 2.22. The Balaban J connectivity index is 2.44. The molecule has 1 aromatic carbocycles. The van der Waals surface area contributed by atoms with Crippen molar-refractivity contribution in [3.8, 4) is 0 Å². The number of rotatable bonds is 3. The second-order valence-electron chi connectivity index (χ2n) is 3.73. The zero-order valence-electron chi connectivity index (χ0n) is 9.99. The molecule has 18 heavy (non-hydrogen) atoms. The Morgan fingerprint density at radius 3 is 2.50 bits per heavy atom. The summed E-state index contributed by atoms with van der Waals surface area (Å²) in [7, 11) is -3.54. The third-order valence-electron chi connectivity index (χ3n) is 2.30. The van der Waals surface area contributed by atoms with Crippen LogP contribution in [0.2, 0.25) is 0 Å². The molecule has 0 saturated carbocycles. The Bertz CT molecular complexity index is 670. The Hall–Kier alpha value is -1.53. The smallest absolute Gasteiger partial charge is 0.216 e. The van der Waals surface area contributed by atoms with E-state index < -0.39 is 9.84 Å². The molecule has 4 nitrogen and oxygen atoms in total. The van der Waals surface area contributed by atoms with Gasteiger partial charge in [0.25, 0.3) is 0 Å². The van der Waals surface area contributed by atoms with Crippen molar-refractivity contribution in [2.75, 3.05) is 0 Å². The fourth-order valence-corrected chi connectivity index (χ4v) is 3.47. The largest absolute Gasteiger partial charge is 0.235 e. The molecule has 0 bridgehead atoms. The lowest BCUT2D eigenvalue weighted by molar-refractivity contribution is 0.595. The molecule has 0 aliphatic heterocycles. The standard InChI is InChI=1S/C12H12N2O2S2/c1-3-4-11-13-12(17-14-11)18(15,16)10-7-5-9(2)6-8-10/h3-8H,1-2H3. The van der Waals surface area contributed by atoms with Crippen LogP contribution in [-0.2, 0) is 9.84 Å². The zero-order valence-corrected chi connectivity index (χ0v) is 11.6. The maximum absolute atomic E-state index is 12.2. The van der Waals surface area contributed by atoms with Gasteiger partial charge in [-0.1, -0.05) is 23.8 Å². The average molecular weight is 280 g/mol. The topological polar surface area (TPSA) is 59.9 Å². The Morgan fingerprint density at radius 2 is 1.89 bits per heavy atom. The molecule has 0 amide bonds. The minimum Gasteiger partial charge on any atom is -0.216 e. The Labute approximate surface area is 110 Å². The van der Waals surface area contributed by atoms with Gasteiger partial charge in [0.05, 0.1) is 4.90 Å². The van der Waals surface area contributed by atoms with Gasteiger partial charge in [0.2, 0.25) is 14.2 Å². The molecule has 0 unspecified atom stereocenters. The summed E-state index contributed by atoms with van der Waals surface area (Å²) < 4.78 is 28.5. The van der Waals surface area contributed by atoms with Gasteiger partial charge in [-0.2, -0.15) is 4.37 Å². The SMILES string of the molecule is CC=Cc1nsc(S(=O)(=O)c2ccc(C)cc2)n1. The van der Waals surface area contributed by atoms with Gasteiger partial charge in [-0.25, -0.2) is 13.4 Å². The van der Waals surface area contributed by atoms with E-state index in [0.717, 1.165) is 17.1 Å². The van der Waals surface area contributed by atoms with Crippen LogP contribution in [0, 0.1) is 6.92 Å². The van der Waals surface area contributed by atoms with E-state index in [1.54, 1.807) is 36.4 Å². The molecule has 0 N–H and O–H groups in total. The van der Waals surface area contributed by atoms with Crippen molar-refractivity contribution in [3.05, 3.63) is 41.7 Å². The molecule has 0 spiro atoms. The minimum absolute atomic E-state index is 0.0273. The summed E-state index contributed by atoms with van der Waals surface area (Å²) in [4.78, 5) is 4.25. The summed E-state index contributed by atoms with van der Waals surface area (Å²) in [5.74, 6) is 0.424. The van der Waals surface area contributed by atoms with Crippen molar-refractivity contribution in [3.63, 3.8) is 0 Å².